The molecule has 0 spiro atoms. The summed E-state index contributed by atoms with van der Waals surface area (Å²) in [6.45, 7) is 1.56. The molecular weight excluding hydrogens is 314 g/mol. The first-order valence-corrected chi connectivity index (χ1v) is 7.91. The average molecular weight is 323 g/mol. The summed E-state index contributed by atoms with van der Waals surface area (Å²) in [7, 11) is -3.86. The molecule has 0 saturated carbocycles. The Morgan fingerprint density at radius 2 is 2.05 bits per heavy atom. The molecule has 0 radical (unpaired) electrons. The molecule has 108 valence electrons. The van der Waals surface area contributed by atoms with Crippen LogP contribution < -0.4 is 4.72 Å². The van der Waals surface area contributed by atoms with Crippen LogP contribution in [0, 0.1) is 28.4 Å². The summed E-state index contributed by atoms with van der Waals surface area (Å²) in [6.07, 6.45) is 0. The van der Waals surface area contributed by atoms with E-state index in [1.807, 2.05) is 6.07 Å². The van der Waals surface area contributed by atoms with Crippen molar-refractivity contribution in [3.63, 3.8) is 0 Å². The van der Waals surface area contributed by atoms with Gasteiger partial charge in [-0.3, -0.25) is 14.8 Å². The fourth-order valence-corrected chi connectivity index (χ4v) is 3.75. The standard InChI is InChI=1S/C12H9N3O4S2/c1-8-2-3-9(6-11(8)15(16)17)14-21(18,19)12-5-4-10(7-13)20-12/h2-6,14H,1H3. The quantitative estimate of drug-likeness (QED) is 0.686. The van der Waals surface area contributed by atoms with Gasteiger partial charge in [0.2, 0.25) is 0 Å². The van der Waals surface area contributed by atoms with Crippen molar-refractivity contribution in [1.29, 1.82) is 5.26 Å². The van der Waals surface area contributed by atoms with Gasteiger partial charge in [0.15, 0.2) is 0 Å². The van der Waals surface area contributed by atoms with Crippen LogP contribution >= 0.6 is 11.3 Å². The number of benzene rings is 1. The molecule has 0 aliphatic carbocycles. The molecule has 0 saturated heterocycles. The van der Waals surface area contributed by atoms with E-state index in [1.54, 1.807) is 6.92 Å². The van der Waals surface area contributed by atoms with Crippen molar-refractivity contribution in [3.05, 3.63) is 50.9 Å². The van der Waals surface area contributed by atoms with Crippen molar-refractivity contribution in [2.75, 3.05) is 4.72 Å². The first-order chi connectivity index (χ1) is 9.83. The molecule has 0 fully saturated rings. The lowest BCUT2D eigenvalue weighted by atomic mass is 10.2. The van der Waals surface area contributed by atoms with Gasteiger partial charge in [0.25, 0.3) is 15.7 Å². The number of nitriles is 1. The van der Waals surface area contributed by atoms with Crippen LogP contribution in [0.4, 0.5) is 11.4 Å². The molecule has 1 heterocycles. The van der Waals surface area contributed by atoms with Gasteiger partial charge in [-0.1, -0.05) is 6.07 Å². The van der Waals surface area contributed by atoms with Gasteiger partial charge in [-0.25, -0.2) is 8.42 Å². The highest BCUT2D eigenvalue weighted by Gasteiger charge is 2.19. The number of thiophene rings is 1. The lowest BCUT2D eigenvalue weighted by molar-refractivity contribution is -0.385. The van der Waals surface area contributed by atoms with Crippen LogP contribution in [0.1, 0.15) is 10.4 Å². The van der Waals surface area contributed by atoms with E-state index in [2.05, 4.69) is 4.72 Å². The number of nitro benzene ring substituents is 1. The zero-order valence-electron chi connectivity index (χ0n) is 10.7. The molecule has 0 atom stereocenters. The number of nitrogens with one attached hydrogen (secondary N) is 1. The molecule has 0 aliphatic rings. The van der Waals surface area contributed by atoms with Gasteiger partial charge in [0, 0.05) is 11.6 Å². The molecule has 2 aromatic rings. The maximum Gasteiger partial charge on any atom is 0.274 e. The molecule has 1 N–H and O–H groups in total. The number of rotatable bonds is 4. The topological polar surface area (TPSA) is 113 Å². The van der Waals surface area contributed by atoms with Crippen molar-refractivity contribution < 1.29 is 13.3 Å². The lowest BCUT2D eigenvalue weighted by Crippen LogP contribution is -2.11. The molecular formula is C12H9N3O4S2. The second-order valence-electron chi connectivity index (χ2n) is 4.09. The summed E-state index contributed by atoms with van der Waals surface area (Å²) in [4.78, 5) is 10.5. The number of sulfonamides is 1. The second-order valence-corrected chi connectivity index (χ2v) is 7.09. The van der Waals surface area contributed by atoms with E-state index in [0.29, 0.717) is 5.56 Å². The van der Waals surface area contributed by atoms with Crippen molar-refractivity contribution >= 4 is 32.7 Å². The van der Waals surface area contributed by atoms with Gasteiger partial charge in [0.1, 0.15) is 15.2 Å². The third-order valence-electron chi connectivity index (χ3n) is 2.61. The van der Waals surface area contributed by atoms with Crippen LogP contribution in [-0.4, -0.2) is 13.3 Å². The smallest absolute Gasteiger partial charge is 0.274 e. The Bertz CT molecular complexity index is 850. The molecule has 0 aliphatic heterocycles. The summed E-state index contributed by atoms with van der Waals surface area (Å²) in [5.41, 5.74) is 0.365. The minimum absolute atomic E-state index is 0.0257. The number of hydrogen-bond acceptors (Lipinski definition) is 6. The Hall–Kier alpha value is -2.44. The minimum Gasteiger partial charge on any atom is -0.279 e. The van der Waals surface area contributed by atoms with E-state index in [-0.39, 0.29) is 20.5 Å². The molecule has 0 unspecified atom stereocenters. The van der Waals surface area contributed by atoms with E-state index in [0.717, 1.165) is 17.4 Å². The van der Waals surface area contributed by atoms with E-state index in [1.165, 1.54) is 24.3 Å². The minimum atomic E-state index is -3.86. The lowest BCUT2D eigenvalue weighted by Gasteiger charge is -2.06. The predicted molar refractivity (Wildman–Crippen MR) is 77.7 cm³/mol. The molecule has 0 amide bonds. The number of aryl methyl sites for hydroxylation is 1. The highest BCUT2D eigenvalue weighted by Crippen LogP contribution is 2.26. The van der Waals surface area contributed by atoms with Gasteiger partial charge in [-0.05, 0) is 25.1 Å². The molecule has 1 aromatic carbocycles. The van der Waals surface area contributed by atoms with Crippen LogP contribution in [0.2, 0.25) is 0 Å². The Morgan fingerprint density at radius 1 is 1.33 bits per heavy atom. The van der Waals surface area contributed by atoms with Crippen LogP contribution in [0.25, 0.3) is 0 Å². The zero-order chi connectivity index (χ0) is 15.6. The first kappa shape index (κ1) is 15.0. The number of hydrogen-bond donors (Lipinski definition) is 1. The molecule has 2 rings (SSSR count). The Labute approximate surface area is 124 Å². The fourth-order valence-electron chi connectivity index (χ4n) is 1.60. The van der Waals surface area contributed by atoms with E-state index in [4.69, 9.17) is 5.26 Å². The van der Waals surface area contributed by atoms with Gasteiger partial charge < -0.3 is 0 Å². The van der Waals surface area contributed by atoms with Gasteiger partial charge in [-0.2, -0.15) is 5.26 Å². The summed E-state index contributed by atoms with van der Waals surface area (Å²) >= 11 is 0.827. The van der Waals surface area contributed by atoms with Gasteiger partial charge in [0.05, 0.1) is 10.6 Å². The third-order valence-corrected chi connectivity index (χ3v) is 5.48. The molecule has 7 nitrogen and oxygen atoms in total. The van der Waals surface area contributed by atoms with Crippen LogP contribution in [0.3, 0.4) is 0 Å². The Balaban J connectivity index is 2.35. The number of nitrogens with zero attached hydrogens (tertiary/aromatic N) is 2. The second kappa shape index (κ2) is 5.51. The number of nitro groups is 1. The van der Waals surface area contributed by atoms with E-state index >= 15 is 0 Å². The summed E-state index contributed by atoms with van der Waals surface area (Å²) in [6, 6.07) is 8.63. The molecule has 21 heavy (non-hydrogen) atoms. The van der Waals surface area contributed by atoms with Crippen molar-refractivity contribution in [2.24, 2.45) is 0 Å². The fraction of sp³-hybridized carbons (Fsp3) is 0.0833. The van der Waals surface area contributed by atoms with Gasteiger partial charge >= 0.3 is 0 Å². The molecule has 1 aromatic heterocycles. The Morgan fingerprint density at radius 3 is 2.62 bits per heavy atom. The zero-order valence-corrected chi connectivity index (χ0v) is 12.4. The molecule has 0 bridgehead atoms. The highest BCUT2D eigenvalue weighted by atomic mass is 32.2. The highest BCUT2D eigenvalue weighted by molar-refractivity contribution is 7.94. The summed E-state index contributed by atoms with van der Waals surface area (Å²) in [5, 5.41) is 19.6. The largest absolute Gasteiger partial charge is 0.279 e. The first-order valence-electron chi connectivity index (χ1n) is 5.61. The maximum absolute atomic E-state index is 12.1. The average Bonchev–Trinajstić information content (AvgIpc) is 2.90. The monoisotopic (exact) mass is 323 g/mol. The van der Waals surface area contributed by atoms with Gasteiger partial charge in [-0.15, -0.1) is 11.3 Å². The normalized spacial score (nSPS) is 10.9. The summed E-state index contributed by atoms with van der Waals surface area (Å²) < 4.78 is 26.5. The van der Waals surface area contributed by atoms with E-state index < -0.39 is 14.9 Å². The number of anilines is 1. The van der Waals surface area contributed by atoms with Crippen LogP contribution in [0.15, 0.2) is 34.5 Å². The Kier molecular flexibility index (Phi) is 3.93. The van der Waals surface area contributed by atoms with Crippen LogP contribution in [-0.2, 0) is 10.0 Å². The van der Waals surface area contributed by atoms with Crippen molar-refractivity contribution in [3.8, 4) is 6.07 Å². The summed E-state index contributed by atoms with van der Waals surface area (Å²) in [5.74, 6) is 0. The third kappa shape index (κ3) is 3.18. The van der Waals surface area contributed by atoms with Crippen molar-refractivity contribution in [1.82, 2.24) is 0 Å². The predicted octanol–water partition coefficient (Wildman–Crippen LogP) is 2.64. The van der Waals surface area contributed by atoms with E-state index in [9.17, 15) is 18.5 Å². The molecule has 9 heteroatoms. The van der Waals surface area contributed by atoms with Crippen molar-refractivity contribution in [2.45, 2.75) is 11.1 Å². The van der Waals surface area contributed by atoms with Crippen LogP contribution in [0.5, 0.6) is 0 Å². The SMILES string of the molecule is Cc1ccc(NS(=O)(=O)c2ccc(C#N)s2)cc1[N+](=O)[O-]. The maximum atomic E-state index is 12.1.